The van der Waals surface area contributed by atoms with Crippen LogP contribution < -0.4 is 10.1 Å². The summed E-state index contributed by atoms with van der Waals surface area (Å²) in [6.07, 6.45) is 3.87. The number of likely N-dealkylation sites (N-methyl/N-ethyl adjacent to an activating group) is 1. The van der Waals surface area contributed by atoms with Crippen LogP contribution in [0.2, 0.25) is 0 Å². The molecule has 3 nitrogen and oxygen atoms in total. The molecule has 0 radical (unpaired) electrons. The van der Waals surface area contributed by atoms with E-state index in [2.05, 4.69) is 47.6 Å². The fourth-order valence-corrected chi connectivity index (χ4v) is 2.62. The molecule has 0 saturated carbocycles. The molecule has 0 spiro atoms. The van der Waals surface area contributed by atoms with Gasteiger partial charge in [-0.25, -0.2) is 0 Å². The minimum atomic E-state index is 0.186. The van der Waals surface area contributed by atoms with Crippen LogP contribution in [0.25, 0.3) is 0 Å². The van der Waals surface area contributed by atoms with Crippen LogP contribution in [0.5, 0.6) is 5.75 Å². The van der Waals surface area contributed by atoms with Crippen LogP contribution in [-0.2, 0) is 0 Å². The van der Waals surface area contributed by atoms with E-state index in [1.807, 2.05) is 39.4 Å². The maximum absolute atomic E-state index is 5.80. The van der Waals surface area contributed by atoms with E-state index in [1.165, 1.54) is 11.1 Å². The van der Waals surface area contributed by atoms with Crippen molar-refractivity contribution in [1.29, 1.82) is 0 Å². The molecule has 0 aliphatic rings. The zero-order valence-corrected chi connectivity index (χ0v) is 13.2. The molecule has 0 aliphatic heterocycles. The molecule has 1 heterocycles. The Balaban J connectivity index is 2.25. The van der Waals surface area contributed by atoms with Crippen molar-refractivity contribution in [3.63, 3.8) is 0 Å². The summed E-state index contributed by atoms with van der Waals surface area (Å²) < 4.78 is 5.80. The zero-order chi connectivity index (χ0) is 15.2. The maximum Gasteiger partial charge on any atom is 0.120 e. The van der Waals surface area contributed by atoms with E-state index >= 15 is 0 Å². The Kier molecular flexibility index (Phi) is 5.34. The number of pyridine rings is 1. The highest BCUT2D eigenvalue weighted by molar-refractivity contribution is 5.33. The number of hydrogen-bond acceptors (Lipinski definition) is 3. The fraction of sp³-hybridized carbons (Fsp3) is 0.389. The maximum atomic E-state index is 5.80. The molecule has 2 rings (SSSR count). The summed E-state index contributed by atoms with van der Waals surface area (Å²) in [4.78, 5) is 4.09. The fourth-order valence-electron chi connectivity index (χ4n) is 2.62. The lowest BCUT2D eigenvalue weighted by Crippen LogP contribution is -2.22. The van der Waals surface area contributed by atoms with Crippen LogP contribution in [0.15, 0.2) is 48.8 Å². The molecule has 21 heavy (non-hydrogen) atoms. The molecule has 0 saturated heterocycles. The molecule has 2 unspecified atom stereocenters. The van der Waals surface area contributed by atoms with Crippen molar-refractivity contribution in [2.24, 2.45) is 0 Å². The summed E-state index contributed by atoms with van der Waals surface area (Å²) in [5.74, 6) is 1.27. The summed E-state index contributed by atoms with van der Waals surface area (Å²) >= 11 is 0. The predicted octanol–water partition coefficient (Wildman–Crippen LogP) is 3.93. The Hall–Kier alpha value is -1.87. The van der Waals surface area contributed by atoms with E-state index in [9.17, 15) is 0 Å². The van der Waals surface area contributed by atoms with E-state index in [4.69, 9.17) is 4.74 Å². The minimum absolute atomic E-state index is 0.186. The Morgan fingerprint density at radius 2 is 1.71 bits per heavy atom. The average Bonchev–Trinajstić information content (AvgIpc) is 2.48. The number of benzene rings is 1. The van der Waals surface area contributed by atoms with E-state index in [1.54, 1.807) is 0 Å². The number of rotatable bonds is 6. The van der Waals surface area contributed by atoms with Gasteiger partial charge in [-0.05, 0) is 56.3 Å². The molecule has 2 atom stereocenters. The summed E-state index contributed by atoms with van der Waals surface area (Å²) in [6.45, 7) is 6.32. The lowest BCUT2D eigenvalue weighted by atomic mass is 9.89. The van der Waals surface area contributed by atoms with Crippen molar-refractivity contribution >= 4 is 0 Å². The van der Waals surface area contributed by atoms with Crippen molar-refractivity contribution in [2.75, 3.05) is 7.05 Å². The van der Waals surface area contributed by atoms with Crippen LogP contribution in [0.1, 0.15) is 43.9 Å². The first-order valence-electron chi connectivity index (χ1n) is 7.45. The third-order valence-corrected chi connectivity index (χ3v) is 3.63. The first-order valence-corrected chi connectivity index (χ1v) is 7.45. The SMILES string of the molecule is CNC(c1cccc(OC(C)C)c1)C(C)c1ccncc1. The van der Waals surface area contributed by atoms with Crippen LogP contribution in [0, 0.1) is 0 Å². The molecule has 0 bridgehead atoms. The van der Waals surface area contributed by atoms with Gasteiger partial charge in [-0.15, -0.1) is 0 Å². The van der Waals surface area contributed by atoms with Gasteiger partial charge in [0.2, 0.25) is 0 Å². The Morgan fingerprint density at radius 1 is 1.00 bits per heavy atom. The quantitative estimate of drug-likeness (QED) is 0.872. The number of nitrogens with one attached hydrogen (secondary N) is 1. The van der Waals surface area contributed by atoms with E-state index in [0.29, 0.717) is 5.92 Å². The highest BCUT2D eigenvalue weighted by atomic mass is 16.5. The number of nitrogens with zero attached hydrogens (tertiary/aromatic N) is 1. The normalized spacial score (nSPS) is 14.0. The molecule has 2 aromatic rings. The van der Waals surface area contributed by atoms with Gasteiger partial charge in [0.05, 0.1) is 6.10 Å². The minimum Gasteiger partial charge on any atom is -0.491 e. The van der Waals surface area contributed by atoms with Gasteiger partial charge in [0, 0.05) is 24.4 Å². The molecule has 3 heteroatoms. The first-order chi connectivity index (χ1) is 10.1. The van der Waals surface area contributed by atoms with Crippen molar-refractivity contribution in [2.45, 2.75) is 38.8 Å². The highest BCUT2D eigenvalue weighted by Crippen LogP contribution is 2.31. The standard InChI is InChI=1S/C18H24N2O/c1-13(2)21-17-7-5-6-16(12-17)18(19-4)14(3)15-8-10-20-11-9-15/h5-14,18-19H,1-4H3. The van der Waals surface area contributed by atoms with E-state index in [-0.39, 0.29) is 12.1 Å². The first kappa shape index (κ1) is 15.5. The number of aromatic nitrogens is 1. The molecule has 0 fully saturated rings. The highest BCUT2D eigenvalue weighted by Gasteiger charge is 2.19. The third kappa shape index (κ3) is 4.05. The van der Waals surface area contributed by atoms with Gasteiger partial charge >= 0.3 is 0 Å². The van der Waals surface area contributed by atoms with Gasteiger partial charge in [0.25, 0.3) is 0 Å². The molecule has 1 aromatic carbocycles. The predicted molar refractivity (Wildman–Crippen MR) is 86.7 cm³/mol. The molecule has 112 valence electrons. The lowest BCUT2D eigenvalue weighted by molar-refractivity contribution is 0.242. The smallest absolute Gasteiger partial charge is 0.120 e. The van der Waals surface area contributed by atoms with Crippen molar-refractivity contribution in [3.8, 4) is 5.75 Å². The van der Waals surface area contributed by atoms with Gasteiger partial charge in [-0.1, -0.05) is 19.1 Å². The summed E-state index contributed by atoms with van der Waals surface area (Å²) in [6, 6.07) is 12.7. The third-order valence-electron chi connectivity index (χ3n) is 3.63. The topological polar surface area (TPSA) is 34.1 Å². The molecule has 1 N–H and O–H groups in total. The summed E-state index contributed by atoms with van der Waals surface area (Å²) in [7, 11) is 2.00. The average molecular weight is 284 g/mol. The van der Waals surface area contributed by atoms with Crippen LogP contribution in [0.3, 0.4) is 0 Å². The van der Waals surface area contributed by atoms with E-state index < -0.39 is 0 Å². The lowest BCUT2D eigenvalue weighted by Gasteiger charge is -2.25. The molecule has 0 aliphatic carbocycles. The van der Waals surface area contributed by atoms with Gasteiger partial charge in [-0.2, -0.15) is 0 Å². The molecular formula is C18H24N2O. The Bertz CT molecular complexity index is 554. The molecule has 0 amide bonds. The van der Waals surface area contributed by atoms with Gasteiger partial charge < -0.3 is 10.1 Å². The van der Waals surface area contributed by atoms with Crippen molar-refractivity contribution in [1.82, 2.24) is 10.3 Å². The molecule has 1 aromatic heterocycles. The van der Waals surface area contributed by atoms with Gasteiger partial charge in [0.15, 0.2) is 0 Å². The van der Waals surface area contributed by atoms with Crippen LogP contribution >= 0.6 is 0 Å². The Labute approximate surface area is 127 Å². The second kappa shape index (κ2) is 7.23. The monoisotopic (exact) mass is 284 g/mol. The van der Waals surface area contributed by atoms with E-state index in [0.717, 1.165) is 5.75 Å². The summed E-state index contributed by atoms with van der Waals surface area (Å²) in [5, 5.41) is 3.42. The zero-order valence-electron chi connectivity index (χ0n) is 13.2. The number of hydrogen-bond donors (Lipinski definition) is 1. The number of ether oxygens (including phenoxy) is 1. The second-order valence-electron chi connectivity index (χ2n) is 5.57. The largest absolute Gasteiger partial charge is 0.491 e. The van der Waals surface area contributed by atoms with Crippen LogP contribution in [-0.4, -0.2) is 18.1 Å². The van der Waals surface area contributed by atoms with Gasteiger partial charge in [-0.3, -0.25) is 4.98 Å². The van der Waals surface area contributed by atoms with Crippen LogP contribution in [0.4, 0.5) is 0 Å². The summed E-state index contributed by atoms with van der Waals surface area (Å²) in [5.41, 5.74) is 2.51. The van der Waals surface area contributed by atoms with Gasteiger partial charge in [0.1, 0.15) is 5.75 Å². The Morgan fingerprint density at radius 3 is 2.33 bits per heavy atom. The molecular weight excluding hydrogens is 260 g/mol. The van der Waals surface area contributed by atoms with Crippen molar-refractivity contribution in [3.05, 3.63) is 59.9 Å². The second-order valence-corrected chi connectivity index (χ2v) is 5.57. The van der Waals surface area contributed by atoms with Crippen molar-refractivity contribution < 1.29 is 4.74 Å².